The lowest BCUT2D eigenvalue weighted by atomic mass is 9.86. The number of methoxy groups -OCH3 is 1. The van der Waals surface area contributed by atoms with Gasteiger partial charge >= 0.3 is 5.97 Å². The summed E-state index contributed by atoms with van der Waals surface area (Å²) in [7, 11) is 1.45. The Morgan fingerprint density at radius 3 is 2.73 bits per heavy atom. The lowest BCUT2D eigenvalue weighted by molar-refractivity contribution is -0.150. The normalized spacial score (nSPS) is 21.2. The van der Waals surface area contributed by atoms with E-state index in [1.54, 1.807) is 19.1 Å². The van der Waals surface area contributed by atoms with Gasteiger partial charge in [-0.3, -0.25) is 4.79 Å². The molecule has 6 heteroatoms. The molecule has 0 heterocycles. The predicted molar refractivity (Wildman–Crippen MR) is 98.8 cm³/mol. The molecule has 2 rings (SSSR count). The minimum atomic E-state index is -0.851. The molecule has 0 bridgehead atoms. The molecule has 1 aliphatic carbocycles. The Bertz CT molecular complexity index is 670. The molecule has 0 unspecified atom stereocenters. The lowest BCUT2D eigenvalue weighted by Gasteiger charge is -2.30. The van der Waals surface area contributed by atoms with E-state index in [0.29, 0.717) is 17.2 Å². The number of rotatable bonds is 6. The first-order valence-electron chi connectivity index (χ1n) is 8.96. The number of nitrogens with one attached hydrogen (secondary N) is 1. The number of ether oxygens (including phenoxy) is 2. The third-order valence-electron chi connectivity index (χ3n) is 4.72. The van der Waals surface area contributed by atoms with Gasteiger partial charge in [0.15, 0.2) is 17.6 Å². The van der Waals surface area contributed by atoms with Crippen molar-refractivity contribution in [3.05, 3.63) is 29.8 Å². The Morgan fingerprint density at radius 1 is 1.31 bits per heavy atom. The third kappa shape index (κ3) is 5.51. The van der Waals surface area contributed by atoms with Crippen LogP contribution in [0.3, 0.4) is 0 Å². The highest BCUT2D eigenvalue weighted by molar-refractivity contribution is 5.90. The van der Waals surface area contributed by atoms with Crippen LogP contribution in [-0.4, -0.2) is 36.2 Å². The highest BCUT2D eigenvalue weighted by Crippen LogP contribution is 2.27. The fraction of sp³-hybridized carbons (Fsp3) is 0.500. The van der Waals surface area contributed by atoms with E-state index >= 15 is 0 Å². The highest BCUT2D eigenvalue weighted by atomic mass is 16.5. The zero-order chi connectivity index (χ0) is 19.1. The van der Waals surface area contributed by atoms with Crippen LogP contribution in [0.4, 0.5) is 0 Å². The van der Waals surface area contributed by atoms with E-state index in [1.807, 2.05) is 0 Å². The summed E-state index contributed by atoms with van der Waals surface area (Å²) in [5, 5.41) is 12.5. The third-order valence-corrected chi connectivity index (χ3v) is 4.72. The fourth-order valence-corrected chi connectivity index (χ4v) is 3.06. The zero-order valence-electron chi connectivity index (χ0n) is 15.5. The Morgan fingerprint density at radius 2 is 2.04 bits per heavy atom. The van der Waals surface area contributed by atoms with Crippen molar-refractivity contribution in [1.82, 2.24) is 5.32 Å². The fourth-order valence-electron chi connectivity index (χ4n) is 3.06. The summed E-state index contributed by atoms with van der Waals surface area (Å²) in [6.07, 6.45) is 6.33. The predicted octanol–water partition coefficient (Wildman–Crippen LogP) is 3.04. The molecule has 26 heavy (non-hydrogen) atoms. The Labute approximate surface area is 154 Å². The Hall–Kier alpha value is -2.50. The second-order valence-electron chi connectivity index (χ2n) is 6.72. The van der Waals surface area contributed by atoms with Gasteiger partial charge in [-0.25, -0.2) is 4.79 Å². The van der Waals surface area contributed by atoms with Crippen LogP contribution in [0, 0.1) is 5.92 Å². The van der Waals surface area contributed by atoms with E-state index in [1.165, 1.54) is 31.7 Å². The average Bonchev–Trinajstić information content (AvgIpc) is 2.62. The van der Waals surface area contributed by atoms with Gasteiger partial charge in [0.25, 0.3) is 5.91 Å². The quantitative estimate of drug-likeness (QED) is 0.601. The van der Waals surface area contributed by atoms with Gasteiger partial charge in [-0.15, -0.1) is 0 Å². The Balaban J connectivity index is 1.87. The molecule has 0 aromatic heterocycles. The number of hydrogen-bond acceptors (Lipinski definition) is 5. The van der Waals surface area contributed by atoms with Crippen LogP contribution in [0.25, 0.3) is 6.08 Å². The number of carbonyl (C=O) groups is 2. The molecule has 0 saturated heterocycles. The van der Waals surface area contributed by atoms with Crippen molar-refractivity contribution in [2.24, 2.45) is 5.92 Å². The molecule has 0 radical (unpaired) electrons. The number of phenolic OH excluding ortho intramolecular Hbond substituents is 1. The summed E-state index contributed by atoms with van der Waals surface area (Å²) in [6.45, 7) is 3.70. The van der Waals surface area contributed by atoms with Gasteiger partial charge in [0.05, 0.1) is 7.11 Å². The minimum Gasteiger partial charge on any atom is -0.504 e. The molecule has 1 saturated carbocycles. The molecular formula is C20H27NO5. The standard InChI is InChI=1S/C20H27NO5/c1-13-6-4-5-7-16(13)21-20(24)14(2)26-19(23)11-9-15-8-10-17(22)18(12-15)25-3/h8-14,16,22H,4-7H2,1-3H3,(H,21,24)/b11-9+/t13-,14+,16-/m0/s1. The number of carbonyl (C=O) groups excluding carboxylic acids is 2. The van der Waals surface area contributed by atoms with Crippen molar-refractivity contribution < 1.29 is 24.2 Å². The largest absolute Gasteiger partial charge is 0.504 e. The maximum absolute atomic E-state index is 12.2. The summed E-state index contributed by atoms with van der Waals surface area (Å²) >= 11 is 0. The topological polar surface area (TPSA) is 84.9 Å². The van der Waals surface area contributed by atoms with Gasteiger partial charge in [-0.2, -0.15) is 0 Å². The molecule has 142 valence electrons. The summed E-state index contributed by atoms with van der Waals surface area (Å²) in [5.41, 5.74) is 0.671. The number of phenols is 1. The summed E-state index contributed by atoms with van der Waals surface area (Å²) in [4.78, 5) is 24.2. The van der Waals surface area contributed by atoms with E-state index < -0.39 is 12.1 Å². The number of benzene rings is 1. The van der Waals surface area contributed by atoms with E-state index in [-0.39, 0.29) is 17.7 Å². The van der Waals surface area contributed by atoms with E-state index in [9.17, 15) is 14.7 Å². The van der Waals surface area contributed by atoms with E-state index in [2.05, 4.69) is 12.2 Å². The molecule has 2 N–H and O–H groups in total. The SMILES string of the molecule is COc1cc(/C=C/C(=O)O[C@H](C)C(=O)N[C@H]2CCCC[C@@H]2C)ccc1O. The van der Waals surface area contributed by atoms with E-state index in [0.717, 1.165) is 19.3 Å². The number of hydrogen-bond donors (Lipinski definition) is 2. The van der Waals surface area contributed by atoms with Crippen LogP contribution in [-0.2, 0) is 14.3 Å². The summed E-state index contributed by atoms with van der Waals surface area (Å²) < 4.78 is 10.2. The van der Waals surface area contributed by atoms with Crippen molar-refractivity contribution >= 4 is 18.0 Å². The second kappa shape index (κ2) is 9.27. The van der Waals surface area contributed by atoms with Gasteiger partial charge in [0, 0.05) is 12.1 Å². The van der Waals surface area contributed by atoms with Gasteiger partial charge in [-0.1, -0.05) is 25.8 Å². The van der Waals surface area contributed by atoms with Gasteiger partial charge < -0.3 is 19.9 Å². The summed E-state index contributed by atoms with van der Waals surface area (Å²) in [5.74, 6) is -0.0857. The summed E-state index contributed by atoms with van der Waals surface area (Å²) in [6, 6.07) is 4.87. The monoisotopic (exact) mass is 361 g/mol. The van der Waals surface area contributed by atoms with Crippen LogP contribution in [0.2, 0.25) is 0 Å². The van der Waals surface area contributed by atoms with Crippen LogP contribution in [0.15, 0.2) is 24.3 Å². The smallest absolute Gasteiger partial charge is 0.331 e. The van der Waals surface area contributed by atoms with Crippen LogP contribution >= 0.6 is 0 Å². The van der Waals surface area contributed by atoms with Crippen molar-refractivity contribution in [3.8, 4) is 11.5 Å². The zero-order valence-corrected chi connectivity index (χ0v) is 15.5. The molecule has 6 nitrogen and oxygen atoms in total. The minimum absolute atomic E-state index is 0.0226. The molecule has 0 spiro atoms. The average molecular weight is 361 g/mol. The van der Waals surface area contributed by atoms with Crippen molar-refractivity contribution in [2.75, 3.05) is 7.11 Å². The molecule has 1 aliphatic rings. The highest BCUT2D eigenvalue weighted by Gasteiger charge is 2.25. The van der Waals surface area contributed by atoms with Crippen molar-refractivity contribution in [2.45, 2.75) is 51.7 Å². The molecular weight excluding hydrogens is 334 g/mol. The first-order chi connectivity index (χ1) is 12.4. The van der Waals surface area contributed by atoms with Crippen LogP contribution in [0.5, 0.6) is 11.5 Å². The molecule has 1 amide bonds. The first kappa shape index (κ1) is 19.8. The maximum Gasteiger partial charge on any atom is 0.331 e. The second-order valence-corrected chi connectivity index (χ2v) is 6.72. The van der Waals surface area contributed by atoms with Crippen LogP contribution in [0.1, 0.15) is 45.1 Å². The Kier molecular flexibility index (Phi) is 7.06. The molecule has 1 aromatic rings. The van der Waals surface area contributed by atoms with Crippen LogP contribution < -0.4 is 10.1 Å². The molecule has 1 fully saturated rings. The number of amides is 1. The van der Waals surface area contributed by atoms with Gasteiger partial charge in [0.2, 0.25) is 0 Å². The maximum atomic E-state index is 12.2. The first-order valence-corrected chi connectivity index (χ1v) is 8.96. The molecule has 3 atom stereocenters. The van der Waals surface area contributed by atoms with Gasteiger partial charge in [0.1, 0.15) is 0 Å². The van der Waals surface area contributed by atoms with Crippen molar-refractivity contribution in [3.63, 3.8) is 0 Å². The number of esters is 1. The molecule has 1 aromatic carbocycles. The molecule has 0 aliphatic heterocycles. The van der Waals surface area contributed by atoms with E-state index in [4.69, 9.17) is 9.47 Å². The van der Waals surface area contributed by atoms with Crippen molar-refractivity contribution in [1.29, 1.82) is 0 Å². The lowest BCUT2D eigenvalue weighted by Crippen LogP contribution is -2.45. The number of aromatic hydroxyl groups is 1. The van der Waals surface area contributed by atoms with Gasteiger partial charge in [-0.05, 0) is 49.5 Å².